The molecule has 28 heavy (non-hydrogen) atoms. The van der Waals surface area contributed by atoms with E-state index in [9.17, 15) is 14.4 Å². The van der Waals surface area contributed by atoms with E-state index in [1.54, 1.807) is 4.90 Å². The minimum atomic E-state index is -1.71. The van der Waals surface area contributed by atoms with Crippen LogP contribution in [0.4, 0.5) is 4.39 Å². The Labute approximate surface area is 161 Å². The molecule has 0 bridgehead atoms. The van der Waals surface area contributed by atoms with Gasteiger partial charge in [0.05, 0.1) is 23.9 Å². The molecule has 150 valence electrons. The molecule has 3 heterocycles. The van der Waals surface area contributed by atoms with Gasteiger partial charge in [-0.1, -0.05) is 0 Å². The number of ketones is 2. The Bertz CT molecular complexity index is 841. The summed E-state index contributed by atoms with van der Waals surface area (Å²) in [5.41, 5.74) is 0.0466. The third kappa shape index (κ3) is 2.85. The van der Waals surface area contributed by atoms with Crippen LogP contribution in [0.25, 0.3) is 0 Å². The molecule has 1 aliphatic carbocycles. The van der Waals surface area contributed by atoms with Gasteiger partial charge in [0.25, 0.3) is 5.78 Å². The van der Waals surface area contributed by atoms with Crippen LogP contribution >= 0.6 is 0 Å². The number of allylic oxidation sites excluding steroid dienone is 2. The molecule has 2 fully saturated rings. The minimum Gasteiger partial charge on any atom is -0.475 e. The Morgan fingerprint density at radius 3 is 2.57 bits per heavy atom. The number of hydrogen-bond acceptors (Lipinski definition) is 7. The molecule has 2 unspecified atom stereocenters. The first-order chi connectivity index (χ1) is 13.3. The summed E-state index contributed by atoms with van der Waals surface area (Å²) in [7, 11) is 2.01. The maximum atomic E-state index is 15.1. The average molecular weight is 391 g/mol. The number of rotatable bonds is 3. The first-order valence-electron chi connectivity index (χ1n) is 9.27. The van der Waals surface area contributed by atoms with E-state index in [2.05, 4.69) is 4.90 Å². The molecule has 4 aliphatic rings. The van der Waals surface area contributed by atoms with Crippen molar-refractivity contribution in [3.63, 3.8) is 0 Å². The molecule has 3 aliphatic heterocycles. The van der Waals surface area contributed by atoms with Gasteiger partial charge in [-0.05, 0) is 20.0 Å². The number of carbonyl (C=O) groups excluding carboxylic acids is 2. The number of nitrogens with zero attached hydrogens (tertiary/aromatic N) is 3. The van der Waals surface area contributed by atoms with Crippen molar-refractivity contribution in [1.82, 2.24) is 14.7 Å². The summed E-state index contributed by atoms with van der Waals surface area (Å²) in [6.45, 7) is 5.02. The highest BCUT2D eigenvalue weighted by Crippen LogP contribution is 2.40. The summed E-state index contributed by atoms with van der Waals surface area (Å²) in [6, 6.07) is -0.764. The van der Waals surface area contributed by atoms with Crippen molar-refractivity contribution in [2.24, 2.45) is 0 Å². The maximum Gasteiger partial charge on any atom is 0.377 e. The van der Waals surface area contributed by atoms with Gasteiger partial charge in [0.2, 0.25) is 0 Å². The Hall–Kier alpha value is -2.52. The lowest BCUT2D eigenvalue weighted by atomic mass is 9.81. The number of likely N-dealkylation sites (N-methyl/N-ethyl adjacent to an activating group) is 1. The SMILES string of the molecule is C[C@H]1COC2C(N3CCN(C)CC3)=C(F)C=C3C(=O)C(C(=O)C(=O)O)=CN1C32. The van der Waals surface area contributed by atoms with Gasteiger partial charge < -0.3 is 24.5 Å². The van der Waals surface area contributed by atoms with E-state index in [4.69, 9.17) is 9.84 Å². The minimum absolute atomic E-state index is 0.0685. The van der Waals surface area contributed by atoms with Gasteiger partial charge in [-0.2, -0.15) is 0 Å². The summed E-state index contributed by atoms with van der Waals surface area (Å²) < 4.78 is 21.1. The van der Waals surface area contributed by atoms with E-state index in [0.717, 1.165) is 19.2 Å². The van der Waals surface area contributed by atoms with Crippen LogP contribution in [-0.4, -0.2) is 95.4 Å². The van der Waals surface area contributed by atoms with Crippen molar-refractivity contribution in [3.05, 3.63) is 34.9 Å². The van der Waals surface area contributed by atoms with E-state index in [1.807, 2.05) is 18.9 Å². The predicted octanol–water partition coefficient (Wildman–Crippen LogP) is -0.0669. The van der Waals surface area contributed by atoms with Gasteiger partial charge >= 0.3 is 5.97 Å². The number of carboxylic acid groups (broad SMARTS) is 1. The molecule has 1 N–H and O–H groups in total. The Kier molecular flexibility index (Phi) is 4.59. The first kappa shape index (κ1) is 18.8. The molecular formula is C19H22FN3O5. The fourth-order valence-electron chi connectivity index (χ4n) is 4.26. The smallest absolute Gasteiger partial charge is 0.377 e. The Morgan fingerprint density at radius 1 is 1.25 bits per heavy atom. The zero-order valence-corrected chi connectivity index (χ0v) is 15.7. The lowest BCUT2D eigenvalue weighted by Gasteiger charge is -2.51. The Morgan fingerprint density at radius 2 is 1.93 bits per heavy atom. The quantitative estimate of drug-likeness (QED) is 0.528. The molecular weight excluding hydrogens is 369 g/mol. The Balaban J connectivity index is 1.77. The molecule has 9 heteroatoms. The second-order valence-corrected chi connectivity index (χ2v) is 7.62. The number of ether oxygens (including phenoxy) is 1. The zero-order valence-electron chi connectivity index (χ0n) is 15.7. The molecule has 0 aromatic rings. The topological polar surface area (TPSA) is 90.4 Å². The largest absolute Gasteiger partial charge is 0.475 e. The lowest BCUT2D eigenvalue weighted by molar-refractivity contribution is -0.148. The maximum absolute atomic E-state index is 15.1. The van der Waals surface area contributed by atoms with E-state index < -0.39 is 41.1 Å². The van der Waals surface area contributed by atoms with Crippen LogP contribution in [0.15, 0.2) is 34.9 Å². The number of halogens is 1. The van der Waals surface area contributed by atoms with E-state index in [-0.39, 0.29) is 18.2 Å². The number of hydrogen-bond donors (Lipinski definition) is 1. The van der Waals surface area contributed by atoms with E-state index in [0.29, 0.717) is 18.8 Å². The highest BCUT2D eigenvalue weighted by atomic mass is 19.1. The number of carbonyl (C=O) groups is 3. The average Bonchev–Trinajstić information content (AvgIpc) is 2.66. The first-order valence-corrected chi connectivity index (χ1v) is 9.27. The van der Waals surface area contributed by atoms with Crippen molar-refractivity contribution in [1.29, 1.82) is 0 Å². The highest BCUT2D eigenvalue weighted by molar-refractivity contribution is 6.48. The van der Waals surface area contributed by atoms with Crippen LogP contribution in [0.2, 0.25) is 0 Å². The number of piperazine rings is 1. The molecule has 0 spiro atoms. The molecule has 0 amide bonds. The van der Waals surface area contributed by atoms with Crippen LogP contribution in [0.1, 0.15) is 6.92 Å². The molecule has 0 radical (unpaired) electrons. The molecule has 4 rings (SSSR count). The molecule has 0 aromatic heterocycles. The van der Waals surface area contributed by atoms with Crippen LogP contribution in [0, 0.1) is 0 Å². The number of Topliss-reactive ketones (excluding diaryl/α,β-unsaturated/α-hetero) is 2. The highest BCUT2D eigenvalue weighted by Gasteiger charge is 2.50. The third-order valence-corrected chi connectivity index (χ3v) is 5.82. The normalized spacial score (nSPS) is 30.7. The summed E-state index contributed by atoms with van der Waals surface area (Å²) >= 11 is 0. The second-order valence-electron chi connectivity index (χ2n) is 7.62. The summed E-state index contributed by atoms with van der Waals surface area (Å²) in [4.78, 5) is 41.8. The number of morpholine rings is 1. The summed E-state index contributed by atoms with van der Waals surface area (Å²) in [5.74, 6) is -4.30. The van der Waals surface area contributed by atoms with Crippen molar-refractivity contribution in [3.8, 4) is 0 Å². The van der Waals surface area contributed by atoms with Gasteiger partial charge in [0.15, 0.2) is 5.78 Å². The monoisotopic (exact) mass is 391 g/mol. The lowest BCUT2D eigenvalue weighted by Crippen LogP contribution is -2.61. The zero-order chi connectivity index (χ0) is 20.2. The summed E-state index contributed by atoms with van der Waals surface area (Å²) in [6.07, 6.45) is 1.78. The molecule has 2 saturated heterocycles. The number of aliphatic carboxylic acids is 1. The van der Waals surface area contributed by atoms with Gasteiger partial charge in [-0.3, -0.25) is 9.59 Å². The number of carboxylic acids is 1. The van der Waals surface area contributed by atoms with Crippen molar-refractivity contribution in [2.75, 3.05) is 39.8 Å². The molecule has 3 atom stereocenters. The van der Waals surface area contributed by atoms with E-state index >= 15 is 4.39 Å². The second kappa shape index (κ2) is 6.82. The molecule has 0 saturated carbocycles. The predicted molar refractivity (Wildman–Crippen MR) is 95.8 cm³/mol. The molecule has 8 nitrogen and oxygen atoms in total. The standard InChI is InChI=1S/C19H22FN3O5/c1-10-9-28-18-14-11(16(24)12(8-23(10)14)17(25)19(26)27)7-13(20)15(18)22-5-3-21(2)4-6-22/h7-8,10,14,18H,3-6,9H2,1-2H3,(H,26,27)/t10-,14?,18?/m0/s1. The van der Waals surface area contributed by atoms with Crippen molar-refractivity contribution < 1.29 is 28.6 Å². The molecule has 0 aromatic carbocycles. The van der Waals surface area contributed by atoms with Crippen LogP contribution in [-0.2, 0) is 19.1 Å². The van der Waals surface area contributed by atoms with Gasteiger partial charge in [-0.25, -0.2) is 9.18 Å². The van der Waals surface area contributed by atoms with Crippen LogP contribution in [0.5, 0.6) is 0 Å². The fraction of sp³-hybridized carbons (Fsp3) is 0.526. The third-order valence-electron chi connectivity index (χ3n) is 5.82. The van der Waals surface area contributed by atoms with Gasteiger partial charge in [0.1, 0.15) is 11.9 Å². The van der Waals surface area contributed by atoms with Crippen molar-refractivity contribution >= 4 is 17.5 Å². The van der Waals surface area contributed by atoms with Crippen molar-refractivity contribution in [2.45, 2.75) is 25.1 Å². The van der Waals surface area contributed by atoms with Gasteiger partial charge in [-0.15, -0.1) is 0 Å². The van der Waals surface area contributed by atoms with Crippen LogP contribution in [0.3, 0.4) is 0 Å². The van der Waals surface area contributed by atoms with Crippen LogP contribution < -0.4 is 0 Å². The fourth-order valence-corrected chi connectivity index (χ4v) is 4.26. The van der Waals surface area contributed by atoms with E-state index in [1.165, 1.54) is 6.20 Å². The van der Waals surface area contributed by atoms with Gasteiger partial charge in [0, 0.05) is 44.0 Å². The summed E-state index contributed by atoms with van der Waals surface area (Å²) in [5, 5.41) is 9.03.